The summed E-state index contributed by atoms with van der Waals surface area (Å²) in [4.78, 5) is 35.3. The Morgan fingerprint density at radius 3 is 0.756 bits per heavy atom. The largest absolute Gasteiger partial charge is 0.493 e. The Morgan fingerprint density at radius 1 is 0.301 bits per heavy atom. The third-order valence-electron chi connectivity index (χ3n) is 17.3. The van der Waals surface area contributed by atoms with E-state index in [1.54, 1.807) is 0 Å². The smallest absolute Gasteiger partial charge is 0.460 e. The van der Waals surface area contributed by atoms with E-state index in [1.165, 1.54) is 0 Å². The van der Waals surface area contributed by atoms with Gasteiger partial charge in [0.2, 0.25) is 39.6 Å². The number of halogens is 37. The Bertz CT molecular complexity index is 4480. The van der Waals surface area contributed by atoms with E-state index < -0.39 is 267 Å². The first kappa shape index (κ1) is 100. The molecule has 0 fully saturated rings. The lowest BCUT2D eigenvalue weighted by Gasteiger charge is -2.39. The van der Waals surface area contributed by atoms with Gasteiger partial charge in [0.05, 0.1) is 18.6 Å². The summed E-state index contributed by atoms with van der Waals surface area (Å²) >= 11 is 0. The Kier molecular flexibility index (Phi) is 30.2. The Balaban J connectivity index is 1.62. The minimum atomic E-state index is -8.38. The van der Waals surface area contributed by atoms with Gasteiger partial charge >= 0.3 is 85.0 Å². The van der Waals surface area contributed by atoms with Crippen molar-refractivity contribution in [2.24, 2.45) is 5.41 Å². The van der Waals surface area contributed by atoms with Crippen molar-refractivity contribution in [2.75, 3.05) is 39.7 Å². The zero-order chi connectivity index (χ0) is 93.5. The maximum Gasteiger partial charge on any atom is 0.460 e. The fraction of sp³-hybridized carbons (Fsp3) is 0.293. The molecule has 6 rings (SSSR count). The van der Waals surface area contributed by atoms with Gasteiger partial charge in [0.25, 0.3) is 0 Å². The van der Waals surface area contributed by atoms with E-state index in [2.05, 4.69) is 38.7 Å². The van der Waals surface area contributed by atoms with Gasteiger partial charge < -0.3 is 33.2 Å². The van der Waals surface area contributed by atoms with Crippen LogP contribution in [0.1, 0.15) is 39.8 Å². The highest BCUT2D eigenvalue weighted by Gasteiger charge is 2.80. The molecule has 0 spiro atoms. The summed E-state index contributed by atoms with van der Waals surface area (Å²) in [6.45, 7) is -3.82. The van der Waals surface area contributed by atoms with Crippen molar-refractivity contribution in [2.45, 2.75) is 89.7 Å². The predicted octanol–water partition coefficient (Wildman–Crippen LogP) is 23.8. The molecule has 6 aromatic rings. The SMILES string of the molecule is C=CC(=O)Oc1ccc(C(c2ccc(OCC(COCCC(F)(OC(F)(/C(F)=C(F)/C(F)=C(F)/C(F)=C(F)/C(F)=C(\F)CF)C(F)(F)C(F)(F)F)C(F)(F)F)(COc3ccc(C(c4ccc(OC(=O)C=C)cc4)(C(F)(F)F)C(F)(F)F)cc3)COc3ccc(C(c4ccc(OC(=O)C=C)cc4)(C(F)(F)F)C(F)(F)F)cc3)cc2)(C(F)(F)F)C(F)(F)F)cc1. The van der Waals surface area contributed by atoms with Crippen molar-refractivity contribution in [3.05, 3.63) is 264 Å². The second-order valence-corrected chi connectivity index (χ2v) is 25.2. The molecule has 0 aliphatic rings. The number of ether oxygens (including phenoxy) is 8. The predicted molar refractivity (Wildman–Crippen MR) is 348 cm³/mol. The highest BCUT2D eigenvalue weighted by Crippen LogP contribution is 2.61. The van der Waals surface area contributed by atoms with E-state index in [0.717, 1.165) is 0 Å². The molecule has 0 saturated heterocycles. The molecule has 0 bridgehead atoms. The molecule has 672 valence electrons. The molecule has 0 saturated carbocycles. The highest BCUT2D eigenvalue weighted by molar-refractivity contribution is 5.84. The average Bonchev–Trinajstić information content (AvgIpc) is 0.729. The lowest BCUT2D eigenvalue weighted by atomic mass is 9.73. The lowest BCUT2D eigenvalue weighted by Crippen LogP contribution is -2.62. The number of hydrogen-bond acceptors (Lipinski definition) is 11. The van der Waals surface area contributed by atoms with Crippen LogP contribution >= 0.6 is 0 Å². The van der Waals surface area contributed by atoms with E-state index >= 15 is 105 Å². The molecular formula is C75H47F37O11. The van der Waals surface area contributed by atoms with Crippen LogP contribution in [0.15, 0.2) is 230 Å². The van der Waals surface area contributed by atoms with Crippen LogP contribution < -0.4 is 28.4 Å². The molecule has 6 aromatic carbocycles. The molecule has 2 unspecified atom stereocenters. The average molecular weight is 1830 g/mol. The monoisotopic (exact) mass is 1830 g/mol. The molecular weight excluding hydrogens is 1780 g/mol. The van der Waals surface area contributed by atoms with Crippen LogP contribution in [0.2, 0.25) is 0 Å². The number of allylic oxidation sites excluding steroid dienone is 7. The zero-order valence-corrected chi connectivity index (χ0v) is 60.1. The van der Waals surface area contributed by atoms with Gasteiger partial charge in [-0.3, -0.25) is 4.74 Å². The van der Waals surface area contributed by atoms with Gasteiger partial charge in [-0.2, -0.15) is 119 Å². The molecule has 0 N–H and O–H groups in total. The number of esters is 3. The number of carbonyl (C=O) groups is 3. The van der Waals surface area contributed by atoms with Crippen molar-refractivity contribution in [1.82, 2.24) is 0 Å². The van der Waals surface area contributed by atoms with Gasteiger partial charge in [0, 0.05) is 24.6 Å². The molecule has 0 heterocycles. The van der Waals surface area contributed by atoms with Crippen LogP contribution in [0.5, 0.6) is 34.5 Å². The van der Waals surface area contributed by atoms with Gasteiger partial charge in [-0.05, 0) is 106 Å². The van der Waals surface area contributed by atoms with Crippen molar-refractivity contribution in [3.63, 3.8) is 0 Å². The van der Waals surface area contributed by atoms with Crippen LogP contribution in [0.3, 0.4) is 0 Å². The van der Waals surface area contributed by atoms with Crippen molar-refractivity contribution >= 4 is 17.9 Å². The molecule has 0 amide bonds. The number of rotatable bonds is 34. The summed E-state index contributed by atoms with van der Waals surface area (Å²) in [6.07, 6.45) is -56.7. The van der Waals surface area contributed by atoms with Gasteiger partial charge in [-0.25, -0.2) is 58.3 Å². The van der Waals surface area contributed by atoms with Crippen LogP contribution in [-0.4, -0.2) is 125 Å². The van der Waals surface area contributed by atoms with Gasteiger partial charge in [0.1, 0.15) is 61.0 Å². The van der Waals surface area contributed by atoms with E-state index in [0.29, 0.717) is 54.6 Å². The second kappa shape index (κ2) is 37.0. The molecule has 2 atom stereocenters. The van der Waals surface area contributed by atoms with Crippen LogP contribution in [-0.2, 0) is 40.1 Å². The molecule has 123 heavy (non-hydrogen) atoms. The summed E-state index contributed by atoms with van der Waals surface area (Å²) in [6, 6.07) is 4.35. The highest BCUT2D eigenvalue weighted by atomic mass is 19.5. The number of benzene rings is 6. The van der Waals surface area contributed by atoms with E-state index in [4.69, 9.17) is 18.9 Å². The quantitative estimate of drug-likeness (QED) is 0.00957. The van der Waals surface area contributed by atoms with E-state index in [-0.39, 0.29) is 109 Å². The molecule has 11 nitrogen and oxygen atoms in total. The number of hydrogen-bond donors (Lipinski definition) is 0. The fourth-order valence-corrected chi connectivity index (χ4v) is 11.3. The third-order valence-corrected chi connectivity index (χ3v) is 17.3. The van der Waals surface area contributed by atoms with Crippen LogP contribution in [0.4, 0.5) is 162 Å². The molecule has 0 aliphatic carbocycles. The second-order valence-electron chi connectivity index (χ2n) is 25.2. The van der Waals surface area contributed by atoms with E-state index in [9.17, 15) is 71.5 Å². The number of alkyl halides is 29. The fourth-order valence-electron chi connectivity index (χ4n) is 11.3. The van der Waals surface area contributed by atoms with Gasteiger partial charge in [0.15, 0.2) is 23.3 Å². The standard InChI is InChI=1S/C75H47F37O11/c1-4-51(113)120-47-25-13-41(14-26-47)63(69(92,93)94,70(95,96)97)38-7-19-44(20-8-38)117-35-61(36-118-45-21-9-39(10-22-45)64(71(98,99)100,72(101,102)103)42-15-27-48(28-16-42)121-52(114)5-2,37-119-46-23-11-40(12-24-46)65(73(104,105)106,74(107,108)109)43-17-29-49(30-18-43)122-53(115)6-3)34-116-32-31-62(85,68(89,90)91)123-66(86,67(87,88)75(110,111)112)60(84)59(83)58(82)57(81)56(80)55(79)54(78)50(77)33-76/h4-30H,1-3,31-37H2/b54-50+,56-55+,58-57+,60-59+. The normalized spacial score (nSPS) is 15.2. The summed E-state index contributed by atoms with van der Waals surface area (Å²) in [5.41, 5.74) is -29.4. The Morgan fingerprint density at radius 2 is 0.537 bits per heavy atom. The Labute approximate surface area is 664 Å². The molecule has 0 aromatic heterocycles. The summed E-state index contributed by atoms with van der Waals surface area (Å²) in [5.74, 6) is -66.6. The lowest BCUT2D eigenvalue weighted by molar-refractivity contribution is -0.443. The topological polar surface area (TPSA) is 125 Å². The minimum absolute atomic E-state index is 0.0261. The molecule has 0 radical (unpaired) electrons. The third kappa shape index (κ3) is 20.5. The van der Waals surface area contributed by atoms with Crippen LogP contribution in [0.25, 0.3) is 0 Å². The van der Waals surface area contributed by atoms with Gasteiger partial charge in [-0.15, -0.1) is 0 Å². The van der Waals surface area contributed by atoms with Crippen LogP contribution in [0, 0.1) is 5.41 Å². The van der Waals surface area contributed by atoms with Gasteiger partial charge in [-0.1, -0.05) is 92.5 Å². The molecule has 0 aliphatic heterocycles. The van der Waals surface area contributed by atoms with Crippen molar-refractivity contribution in [1.29, 1.82) is 0 Å². The summed E-state index contributed by atoms with van der Waals surface area (Å²) in [7, 11) is 0. The summed E-state index contributed by atoms with van der Waals surface area (Å²) in [5, 5.41) is 0. The van der Waals surface area contributed by atoms with E-state index in [1.807, 2.05) is 0 Å². The minimum Gasteiger partial charge on any atom is -0.493 e. The molecule has 48 heteroatoms. The number of carbonyl (C=O) groups excluding carboxylic acids is 3. The maximum atomic E-state index is 16.6. The maximum absolute atomic E-state index is 16.6. The van der Waals surface area contributed by atoms with Crippen molar-refractivity contribution in [3.8, 4) is 34.5 Å². The zero-order valence-electron chi connectivity index (χ0n) is 60.1. The Hall–Kier alpha value is -11.4. The van der Waals surface area contributed by atoms with Crippen molar-refractivity contribution < 1.29 is 215 Å². The summed E-state index contributed by atoms with van der Waals surface area (Å²) < 4.78 is 592. The first-order chi connectivity index (χ1) is 56.4. The first-order valence-corrected chi connectivity index (χ1v) is 32.8. The first-order valence-electron chi connectivity index (χ1n) is 32.8.